The molecule has 124 valence electrons. The highest BCUT2D eigenvalue weighted by molar-refractivity contribution is 5.92. The van der Waals surface area contributed by atoms with Crippen molar-refractivity contribution in [2.24, 2.45) is 0 Å². The van der Waals surface area contributed by atoms with Gasteiger partial charge in [0.05, 0.1) is 11.6 Å². The van der Waals surface area contributed by atoms with Gasteiger partial charge in [0.2, 0.25) is 0 Å². The van der Waals surface area contributed by atoms with Crippen LogP contribution in [0.15, 0.2) is 30.3 Å². The van der Waals surface area contributed by atoms with Crippen LogP contribution >= 0.6 is 0 Å². The van der Waals surface area contributed by atoms with Gasteiger partial charge in [-0.15, -0.1) is 0 Å². The highest BCUT2D eigenvalue weighted by Gasteiger charge is 2.21. The average Bonchev–Trinajstić information content (AvgIpc) is 2.90. The van der Waals surface area contributed by atoms with Gasteiger partial charge in [-0.3, -0.25) is 14.8 Å². The van der Waals surface area contributed by atoms with Crippen molar-refractivity contribution in [3.8, 4) is 6.07 Å². The van der Waals surface area contributed by atoms with Gasteiger partial charge in [-0.2, -0.15) is 10.4 Å². The first kappa shape index (κ1) is 16.2. The molecule has 1 fully saturated rings. The van der Waals surface area contributed by atoms with Crippen LogP contribution in [0.25, 0.3) is 0 Å². The number of carbonyl (C=O) groups is 1. The number of aromatic nitrogens is 2. The number of rotatable bonds is 3. The largest absolute Gasteiger partial charge is 0.336 e. The summed E-state index contributed by atoms with van der Waals surface area (Å²) in [5, 5.41) is 15.8. The molecule has 0 spiro atoms. The standard InChI is InChI=1S/C18H21N5O/c1-14-11-17(21-20-14)18(24)23-8-2-7-22(9-10-23)13-16-5-3-15(12-19)4-6-16/h3-6,11H,2,7-10,13H2,1H3,(H,20,21). The average molecular weight is 323 g/mol. The highest BCUT2D eigenvalue weighted by atomic mass is 16.2. The summed E-state index contributed by atoms with van der Waals surface area (Å²) in [4.78, 5) is 16.7. The van der Waals surface area contributed by atoms with E-state index in [9.17, 15) is 4.79 Å². The number of benzene rings is 1. The minimum absolute atomic E-state index is 0.000395. The van der Waals surface area contributed by atoms with Gasteiger partial charge in [-0.1, -0.05) is 12.1 Å². The second-order valence-corrected chi connectivity index (χ2v) is 6.17. The lowest BCUT2D eigenvalue weighted by molar-refractivity contribution is 0.0755. The Morgan fingerprint density at radius 2 is 2.04 bits per heavy atom. The molecule has 1 aliphatic heterocycles. The zero-order valence-corrected chi connectivity index (χ0v) is 13.8. The molecule has 0 saturated carbocycles. The number of hydrogen-bond acceptors (Lipinski definition) is 4. The second-order valence-electron chi connectivity index (χ2n) is 6.17. The number of nitrogens with one attached hydrogen (secondary N) is 1. The Hall–Kier alpha value is -2.65. The van der Waals surface area contributed by atoms with Crippen LogP contribution in [-0.2, 0) is 6.54 Å². The summed E-state index contributed by atoms with van der Waals surface area (Å²) in [7, 11) is 0. The summed E-state index contributed by atoms with van der Waals surface area (Å²) >= 11 is 0. The minimum atomic E-state index is -0.000395. The monoisotopic (exact) mass is 323 g/mol. The Bertz CT molecular complexity index is 744. The molecule has 0 atom stereocenters. The van der Waals surface area contributed by atoms with E-state index in [4.69, 9.17) is 5.26 Å². The smallest absolute Gasteiger partial charge is 0.274 e. The van der Waals surface area contributed by atoms with Crippen LogP contribution in [0.3, 0.4) is 0 Å². The van der Waals surface area contributed by atoms with E-state index in [-0.39, 0.29) is 5.91 Å². The molecular weight excluding hydrogens is 302 g/mol. The van der Waals surface area contributed by atoms with Gasteiger partial charge in [0.1, 0.15) is 5.69 Å². The Morgan fingerprint density at radius 3 is 2.71 bits per heavy atom. The third-order valence-corrected chi connectivity index (χ3v) is 4.29. The first-order chi connectivity index (χ1) is 11.7. The predicted molar refractivity (Wildman–Crippen MR) is 90.3 cm³/mol. The van der Waals surface area contributed by atoms with Crippen LogP contribution < -0.4 is 0 Å². The molecule has 6 heteroatoms. The van der Waals surface area contributed by atoms with E-state index in [0.717, 1.165) is 38.3 Å². The topological polar surface area (TPSA) is 76.0 Å². The summed E-state index contributed by atoms with van der Waals surface area (Å²) in [6.07, 6.45) is 0.950. The van der Waals surface area contributed by atoms with Gasteiger partial charge in [-0.25, -0.2) is 0 Å². The number of nitriles is 1. The highest BCUT2D eigenvalue weighted by Crippen LogP contribution is 2.12. The van der Waals surface area contributed by atoms with Crippen LogP contribution in [0.2, 0.25) is 0 Å². The molecular formula is C18H21N5O. The maximum Gasteiger partial charge on any atom is 0.274 e. The van der Waals surface area contributed by atoms with Crippen molar-refractivity contribution in [3.05, 3.63) is 52.8 Å². The Morgan fingerprint density at radius 1 is 1.25 bits per heavy atom. The van der Waals surface area contributed by atoms with Crippen LogP contribution in [0.5, 0.6) is 0 Å². The quantitative estimate of drug-likeness (QED) is 0.936. The molecule has 2 heterocycles. The van der Waals surface area contributed by atoms with E-state index < -0.39 is 0 Å². The molecule has 1 N–H and O–H groups in total. The number of aryl methyl sites for hydroxylation is 1. The van der Waals surface area contributed by atoms with Gasteiger partial charge in [0.25, 0.3) is 5.91 Å². The first-order valence-electron chi connectivity index (χ1n) is 8.18. The molecule has 0 radical (unpaired) electrons. The van der Waals surface area contributed by atoms with Gasteiger partial charge in [0.15, 0.2) is 0 Å². The van der Waals surface area contributed by atoms with Crippen LogP contribution in [0.4, 0.5) is 0 Å². The molecule has 1 amide bonds. The van der Waals surface area contributed by atoms with Crippen molar-refractivity contribution in [2.75, 3.05) is 26.2 Å². The lowest BCUT2D eigenvalue weighted by Gasteiger charge is -2.21. The Labute approximate surface area is 141 Å². The van der Waals surface area contributed by atoms with Crippen molar-refractivity contribution >= 4 is 5.91 Å². The van der Waals surface area contributed by atoms with Crippen molar-refractivity contribution < 1.29 is 4.79 Å². The Kier molecular flexibility index (Phi) is 4.92. The van der Waals surface area contributed by atoms with E-state index in [2.05, 4.69) is 21.2 Å². The third kappa shape index (κ3) is 3.81. The number of hydrogen-bond donors (Lipinski definition) is 1. The summed E-state index contributed by atoms with van der Waals surface area (Å²) in [5.41, 5.74) is 3.26. The van der Waals surface area contributed by atoms with Crippen LogP contribution in [0, 0.1) is 18.3 Å². The molecule has 1 aromatic heterocycles. The normalized spacial score (nSPS) is 15.8. The molecule has 0 unspecified atom stereocenters. The number of nitrogens with zero attached hydrogens (tertiary/aromatic N) is 4. The zero-order chi connectivity index (χ0) is 16.9. The lowest BCUT2D eigenvalue weighted by Crippen LogP contribution is -2.35. The number of amides is 1. The summed E-state index contributed by atoms with van der Waals surface area (Å²) in [6, 6.07) is 11.6. The summed E-state index contributed by atoms with van der Waals surface area (Å²) in [6.45, 7) is 6.01. The third-order valence-electron chi connectivity index (χ3n) is 4.29. The molecule has 2 aromatic rings. The molecule has 6 nitrogen and oxygen atoms in total. The number of H-pyrrole nitrogens is 1. The SMILES string of the molecule is Cc1cc(C(=O)N2CCCN(Cc3ccc(C#N)cc3)CC2)n[nH]1. The fourth-order valence-corrected chi connectivity index (χ4v) is 2.96. The lowest BCUT2D eigenvalue weighted by atomic mass is 10.1. The maximum absolute atomic E-state index is 12.5. The maximum atomic E-state index is 12.5. The molecule has 0 bridgehead atoms. The summed E-state index contributed by atoms with van der Waals surface area (Å²) < 4.78 is 0. The van der Waals surface area contributed by atoms with Crippen LogP contribution in [0.1, 0.15) is 33.7 Å². The predicted octanol–water partition coefficient (Wildman–Crippen LogP) is 1.94. The van der Waals surface area contributed by atoms with Gasteiger partial charge in [-0.05, 0) is 37.1 Å². The van der Waals surface area contributed by atoms with Gasteiger partial charge >= 0.3 is 0 Å². The molecule has 1 aromatic carbocycles. The van der Waals surface area contributed by atoms with E-state index in [1.165, 1.54) is 5.56 Å². The molecule has 24 heavy (non-hydrogen) atoms. The van der Waals surface area contributed by atoms with Crippen molar-refractivity contribution in [2.45, 2.75) is 19.9 Å². The molecule has 3 rings (SSSR count). The molecule has 1 saturated heterocycles. The second kappa shape index (κ2) is 7.28. The number of aromatic amines is 1. The first-order valence-corrected chi connectivity index (χ1v) is 8.18. The van der Waals surface area contributed by atoms with Crippen LogP contribution in [-0.4, -0.2) is 52.1 Å². The molecule has 0 aliphatic carbocycles. The van der Waals surface area contributed by atoms with E-state index in [0.29, 0.717) is 17.8 Å². The van der Waals surface area contributed by atoms with E-state index >= 15 is 0 Å². The summed E-state index contributed by atoms with van der Waals surface area (Å²) in [5.74, 6) is -0.000395. The van der Waals surface area contributed by atoms with Gasteiger partial charge < -0.3 is 4.90 Å². The fraction of sp³-hybridized carbons (Fsp3) is 0.389. The zero-order valence-electron chi connectivity index (χ0n) is 13.8. The van der Waals surface area contributed by atoms with Gasteiger partial charge in [0, 0.05) is 38.4 Å². The van der Waals surface area contributed by atoms with E-state index in [1.54, 1.807) is 6.07 Å². The number of carbonyl (C=O) groups excluding carboxylic acids is 1. The molecule has 1 aliphatic rings. The van der Waals surface area contributed by atoms with Crippen molar-refractivity contribution in [1.29, 1.82) is 5.26 Å². The Balaban J connectivity index is 1.58. The van der Waals surface area contributed by atoms with E-state index in [1.807, 2.05) is 36.1 Å². The van der Waals surface area contributed by atoms with Crippen molar-refractivity contribution in [3.63, 3.8) is 0 Å². The fourth-order valence-electron chi connectivity index (χ4n) is 2.96. The van der Waals surface area contributed by atoms with Crippen molar-refractivity contribution in [1.82, 2.24) is 20.0 Å². The minimum Gasteiger partial charge on any atom is -0.336 e.